The van der Waals surface area contributed by atoms with E-state index in [1.807, 2.05) is 60.7 Å². The molecule has 0 saturated carbocycles. The number of carbonyl (C=O) groups is 3. The summed E-state index contributed by atoms with van der Waals surface area (Å²) in [7, 11) is 0. The van der Waals surface area contributed by atoms with Crippen LogP contribution in [-0.4, -0.2) is 41.2 Å². The van der Waals surface area contributed by atoms with Crippen molar-refractivity contribution >= 4 is 39.8 Å². The van der Waals surface area contributed by atoms with Gasteiger partial charge in [0.05, 0.1) is 13.2 Å². The van der Waals surface area contributed by atoms with E-state index in [1.165, 1.54) is 0 Å². The molecule has 1 aromatic heterocycles. The average Bonchev–Trinajstić information content (AvgIpc) is 3.34. The van der Waals surface area contributed by atoms with E-state index in [0.29, 0.717) is 11.1 Å². The van der Waals surface area contributed by atoms with Crippen LogP contribution in [0, 0.1) is 0 Å². The third-order valence-corrected chi connectivity index (χ3v) is 6.60. The largest absolute Gasteiger partial charge is 0.480 e. The van der Waals surface area contributed by atoms with Crippen molar-refractivity contribution in [1.29, 1.82) is 0 Å². The number of amides is 1. The van der Waals surface area contributed by atoms with Crippen LogP contribution >= 0.6 is 0 Å². The highest BCUT2D eigenvalue weighted by Crippen LogP contribution is 2.36. The summed E-state index contributed by atoms with van der Waals surface area (Å²) < 4.78 is 16.8. The van der Waals surface area contributed by atoms with Gasteiger partial charge in [-0.2, -0.15) is 0 Å². The summed E-state index contributed by atoms with van der Waals surface area (Å²) >= 11 is 0. The topological polar surface area (TPSA) is 115 Å². The number of furan rings is 1. The Kier molecular flexibility index (Phi) is 8.08. The minimum absolute atomic E-state index is 0.102. The van der Waals surface area contributed by atoms with Gasteiger partial charge in [0.25, 0.3) is 0 Å². The van der Waals surface area contributed by atoms with Gasteiger partial charge in [-0.15, -0.1) is 0 Å². The summed E-state index contributed by atoms with van der Waals surface area (Å²) in [6.45, 7) is 4.91. The van der Waals surface area contributed by atoms with Gasteiger partial charge in [-0.25, -0.2) is 9.59 Å². The number of hydrogen-bond donors (Lipinski definition) is 2. The Morgan fingerprint density at radius 2 is 1.57 bits per heavy atom. The van der Waals surface area contributed by atoms with Gasteiger partial charge in [-0.1, -0.05) is 78.9 Å². The van der Waals surface area contributed by atoms with Gasteiger partial charge in [0.2, 0.25) is 0 Å². The lowest BCUT2D eigenvalue weighted by Crippen LogP contribution is -2.46. The summed E-state index contributed by atoms with van der Waals surface area (Å²) in [5.41, 5.74) is 4.42. The Balaban J connectivity index is 1.25. The van der Waals surface area contributed by atoms with Crippen LogP contribution in [0.1, 0.15) is 42.3 Å². The summed E-state index contributed by atoms with van der Waals surface area (Å²) in [6, 6.07) is 27.0. The molecule has 0 radical (unpaired) electrons. The van der Waals surface area contributed by atoms with Gasteiger partial charge < -0.3 is 24.3 Å². The van der Waals surface area contributed by atoms with Gasteiger partial charge in [-0.3, -0.25) is 4.79 Å². The van der Waals surface area contributed by atoms with Crippen LogP contribution in [0.4, 0.5) is 4.79 Å². The number of fused-ring (bicyclic) bond motifs is 3. The molecule has 214 valence electrons. The fraction of sp³-hybridized carbons (Fsp3) is 0.206. The molecule has 2 N–H and O–H groups in total. The van der Waals surface area contributed by atoms with Crippen LogP contribution in [0.25, 0.3) is 33.1 Å². The maximum atomic E-state index is 13.4. The molecule has 0 aliphatic heterocycles. The summed E-state index contributed by atoms with van der Waals surface area (Å²) in [5.74, 6) is -1.37. The fourth-order valence-corrected chi connectivity index (χ4v) is 4.64. The van der Waals surface area contributed by atoms with Gasteiger partial charge in [-0.05, 0) is 44.0 Å². The van der Waals surface area contributed by atoms with Crippen molar-refractivity contribution in [2.45, 2.75) is 39.0 Å². The Hall–Kier alpha value is -4.95. The number of nitrogens with one attached hydrogen (secondary N) is 1. The number of carboxylic acid groups (broad SMARTS) is 1. The molecule has 4 aromatic carbocycles. The Morgan fingerprint density at radius 1 is 0.857 bits per heavy atom. The number of carboxylic acids is 1. The fourth-order valence-electron chi connectivity index (χ4n) is 4.64. The summed E-state index contributed by atoms with van der Waals surface area (Å²) in [5, 5.41) is 13.8. The first-order valence-corrected chi connectivity index (χ1v) is 13.5. The summed E-state index contributed by atoms with van der Waals surface area (Å²) in [6.07, 6.45) is -0.834. The third-order valence-electron chi connectivity index (χ3n) is 6.60. The standard InChI is InChI=1S/C34H31NO7/c1-34(2,3)42-33(39)35-28(32(37)38)20-40-19-21-14-16-22(17-15-21)30(36)24-9-6-8-23(18-24)25-11-7-12-27-26-10-4-5-13-29(26)41-31(25)27/h4-18,28H,19-20H2,1-3H3,(H,35,39)(H,37,38). The van der Waals surface area contributed by atoms with E-state index in [2.05, 4.69) is 5.32 Å². The molecule has 8 heteroatoms. The van der Waals surface area contributed by atoms with Gasteiger partial charge in [0.1, 0.15) is 16.8 Å². The Morgan fingerprint density at radius 3 is 2.31 bits per heavy atom. The van der Waals surface area contributed by atoms with Crippen molar-refractivity contribution < 1.29 is 33.4 Å². The van der Waals surface area contributed by atoms with Crippen molar-refractivity contribution in [3.63, 3.8) is 0 Å². The number of para-hydroxylation sites is 2. The molecule has 1 atom stereocenters. The number of alkyl carbamates (subject to hydrolysis) is 1. The number of rotatable bonds is 9. The molecule has 1 heterocycles. The molecule has 5 aromatic rings. The quantitative estimate of drug-likeness (QED) is 0.185. The van der Waals surface area contributed by atoms with Crippen molar-refractivity contribution in [3.8, 4) is 11.1 Å². The molecule has 1 amide bonds. The van der Waals surface area contributed by atoms with Crippen LogP contribution in [0.3, 0.4) is 0 Å². The van der Waals surface area contributed by atoms with Gasteiger partial charge >= 0.3 is 12.1 Å². The molecule has 0 bridgehead atoms. The lowest BCUT2D eigenvalue weighted by atomic mass is 9.96. The second-order valence-electron chi connectivity index (χ2n) is 10.9. The first kappa shape index (κ1) is 28.6. The number of ether oxygens (including phenoxy) is 2. The van der Waals surface area contributed by atoms with Crippen LogP contribution in [-0.2, 0) is 20.9 Å². The monoisotopic (exact) mass is 565 g/mol. The average molecular weight is 566 g/mol. The molecule has 42 heavy (non-hydrogen) atoms. The molecule has 0 spiro atoms. The van der Waals surface area contributed by atoms with E-state index in [0.717, 1.165) is 38.6 Å². The molecule has 8 nitrogen and oxygen atoms in total. The zero-order chi connectivity index (χ0) is 29.9. The second-order valence-corrected chi connectivity index (χ2v) is 10.9. The van der Waals surface area contributed by atoms with Gasteiger partial charge in [0, 0.05) is 27.5 Å². The number of carbonyl (C=O) groups excluding carboxylic acids is 2. The SMILES string of the molecule is CC(C)(C)OC(=O)NC(COCc1ccc(C(=O)c2cccc(-c3cccc4c3oc3ccccc34)c2)cc1)C(=O)O. The van der Waals surface area contributed by atoms with Crippen LogP contribution in [0.2, 0.25) is 0 Å². The first-order valence-electron chi connectivity index (χ1n) is 13.5. The molecule has 0 aliphatic rings. The smallest absolute Gasteiger partial charge is 0.408 e. The van der Waals surface area contributed by atoms with Crippen molar-refractivity contribution in [1.82, 2.24) is 5.32 Å². The predicted octanol–water partition coefficient (Wildman–Crippen LogP) is 6.98. The molecule has 0 fully saturated rings. The Bertz CT molecular complexity index is 1760. The van der Waals surface area contributed by atoms with Crippen molar-refractivity contribution in [3.05, 3.63) is 108 Å². The van der Waals surface area contributed by atoms with Crippen LogP contribution < -0.4 is 5.32 Å². The highest BCUT2D eigenvalue weighted by molar-refractivity contribution is 6.11. The van der Waals surface area contributed by atoms with E-state index in [4.69, 9.17) is 13.9 Å². The van der Waals surface area contributed by atoms with Crippen molar-refractivity contribution in [2.24, 2.45) is 0 Å². The molecule has 5 rings (SSSR count). The number of aliphatic carboxylic acids is 1. The Labute approximate surface area is 242 Å². The first-order chi connectivity index (χ1) is 20.1. The van der Waals surface area contributed by atoms with Gasteiger partial charge in [0.15, 0.2) is 11.8 Å². The molecule has 0 saturated heterocycles. The molecule has 0 aliphatic carbocycles. The molecule has 1 unspecified atom stereocenters. The van der Waals surface area contributed by atoms with E-state index < -0.39 is 23.7 Å². The second kappa shape index (κ2) is 11.9. The minimum Gasteiger partial charge on any atom is -0.480 e. The van der Waals surface area contributed by atoms with E-state index in [-0.39, 0.29) is 19.0 Å². The predicted molar refractivity (Wildman–Crippen MR) is 159 cm³/mol. The summed E-state index contributed by atoms with van der Waals surface area (Å²) in [4.78, 5) is 36.8. The lowest BCUT2D eigenvalue weighted by molar-refractivity contribution is -0.141. The van der Waals surface area contributed by atoms with E-state index in [9.17, 15) is 19.5 Å². The van der Waals surface area contributed by atoms with E-state index in [1.54, 1.807) is 51.1 Å². The zero-order valence-electron chi connectivity index (χ0n) is 23.5. The third kappa shape index (κ3) is 6.50. The lowest BCUT2D eigenvalue weighted by Gasteiger charge is -2.22. The van der Waals surface area contributed by atoms with Crippen LogP contribution in [0.15, 0.2) is 95.4 Å². The van der Waals surface area contributed by atoms with Crippen molar-refractivity contribution in [2.75, 3.05) is 6.61 Å². The maximum Gasteiger partial charge on any atom is 0.408 e. The highest BCUT2D eigenvalue weighted by atomic mass is 16.6. The number of benzene rings is 4. The van der Waals surface area contributed by atoms with Crippen LogP contribution in [0.5, 0.6) is 0 Å². The minimum atomic E-state index is -1.27. The normalized spacial score (nSPS) is 12.3. The van der Waals surface area contributed by atoms with E-state index >= 15 is 0 Å². The molecular weight excluding hydrogens is 534 g/mol. The zero-order valence-corrected chi connectivity index (χ0v) is 23.5. The highest BCUT2D eigenvalue weighted by Gasteiger charge is 2.24. The number of ketones is 1. The maximum absolute atomic E-state index is 13.4. The molecular formula is C34H31NO7. The number of hydrogen-bond acceptors (Lipinski definition) is 6.